The first-order valence-electron chi connectivity index (χ1n) is 6.68. The highest BCUT2D eigenvalue weighted by molar-refractivity contribution is 5.91. The summed E-state index contributed by atoms with van der Waals surface area (Å²) in [5.41, 5.74) is 6.18. The first-order chi connectivity index (χ1) is 9.08. The van der Waals surface area contributed by atoms with Crippen LogP contribution in [-0.2, 0) is 4.74 Å². The van der Waals surface area contributed by atoms with E-state index in [1.165, 1.54) is 6.26 Å². The molecule has 0 saturated carbocycles. The van der Waals surface area contributed by atoms with Crippen molar-refractivity contribution in [3.63, 3.8) is 0 Å². The molecule has 0 radical (unpaired) electrons. The normalized spacial score (nSPS) is 20.7. The number of carbonyl (C=O) groups is 1. The molecule has 1 amide bonds. The molecule has 2 unspecified atom stereocenters. The fourth-order valence-corrected chi connectivity index (χ4v) is 1.93. The third-order valence-corrected chi connectivity index (χ3v) is 3.27. The van der Waals surface area contributed by atoms with E-state index >= 15 is 0 Å². The first-order valence-corrected chi connectivity index (χ1v) is 6.68. The molecule has 2 heterocycles. The highest BCUT2D eigenvalue weighted by atomic mass is 16.5. The summed E-state index contributed by atoms with van der Waals surface area (Å²) < 4.78 is 10.7. The monoisotopic (exact) mass is 267 g/mol. The van der Waals surface area contributed by atoms with Crippen molar-refractivity contribution in [1.29, 1.82) is 0 Å². The van der Waals surface area contributed by atoms with Crippen molar-refractivity contribution in [1.82, 2.24) is 10.3 Å². The molecule has 1 fully saturated rings. The largest absolute Gasteiger partial charge is 0.446 e. The van der Waals surface area contributed by atoms with Crippen LogP contribution >= 0.6 is 0 Å². The number of hydrogen-bond acceptors (Lipinski definition) is 5. The van der Waals surface area contributed by atoms with Crippen molar-refractivity contribution in [3.05, 3.63) is 17.8 Å². The molecule has 1 aliphatic rings. The van der Waals surface area contributed by atoms with Gasteiger partial charge in [0.2, 0.25) is 5.89 Å². The summed E-state index contributed by atoms with van der Waals surface area (Å²) in [5, 5.41) is 2.80. The molecule has 2 rings (SSSR count). The number of rotatable bonds is 5. The van der Waals surface area contributed by atoms with Gasteiger partial charge in [-0.1, -0.05) is 13.8 Å². The quantitative estimate of drug-likeness (QED) is 0.837. The molecular formula is C13H21N3O3. The molecule has 0 bridgehead atoms. The number of oxazole rings is 1. The molecule has 19 heavy (non-hydrogen) atoms. The van der Waals surface area contributed by atoms with E-state index in [0.717, 1.165) is 19.4 Å². The summed E-state index contributed by atoms with van der Waals surface area (Å²) in [6.45, 7) is 5.24. The van der Waals surface area contributed by atoms with Gasteiger partial charge in [0.05, 0.1) is 12.1 Å². The molecule has 1 aliphatic heterocycles. The highest BCUT2D eigenvalue weighted by Crippen LogP contribution is 2.18. The van der Waals surface area contributed by atoms with Gasteiger partial charge in [0.15, 0.2) is 5.69 Å². The van der Waals surface area contributed by atoms with E-state index in [9.17, 15) is 4.79 Å². The Balaban J connectivity index is 1.88. The van der Waals surface area contributed by atoms with Crippen LogP contribution in [-0.4, -0.2) is 30.1 Å². The van der Waals surface area contributed by atoms with Crippen LogP contribution in [0.25, 0.3) is 0 Å². The van der Waals surface area contributed by atoms with Gasteiger partial charge in [0.1, 0.15) is 6.26 Å². The maximum Gasteiger partial charge on any atom is 0.273 e. The predicted octanol–water partition coefficient (Wildman–Crippen LogP) is 1.24. The Morgan fingerprint density at radius 1 is 1.63 bits per heavy atom. The molecule has 6 nitrogen and oxygen atoms in total. The average Bonchev–Trinajstić information content (AvgIpc) is 3.05. The first kappa shape index (κ1) is 14.0. The number of carbonyl (C=O) groups excluding carboxylic acids is 1. The molecule has 106 valence electrons. The number of hydrogen-bond donors (Lipinski definition) is 2. The molecular weight excluding hydrogens is 246 g/mol. The SMILES string of the molecule is CC(C)C(N)c1nc(C(=O)NCC2CCCO2)co1. The fraction of sp³-hybridized carbons (Fsp3) is 0.692. The number of amides is 1. The van der Waals surface area contributed by atoms with Crippen LogP contribution in [0.3, 0.4) is 0 Å². The molecule has 3 N–H and O–H groups in total. The van der Waals surface area contributed by atoms with Gasteiger partial charge in [-0.2, -0.15) is 0 Å². The predicted molar refractivity (Wildman–Crippen MR) is 69.6 cm³/mol. The van der Waals surface area contributed by atoms with E-state index < -0.39 is 0 Å². The molecule has 0 aromatic carbocycles. The Hall–Kier alpha value is -1.40. The van der Waals surface area contributed by atoms with Crippen molar-refractivity contribution in [3.8, 4) is 0 Å². The van der Waals surface area contributed by atoms with Gasteiger partial charge in [-0.3, -0.25) is 4.79 Å². The molecule has 1 aromatic rings. The Morgan fingerprint density at radius 3 is 3.05 bits per heavy atom. The zero-order valence-corrected chi connectivity index (χ0v) is 11.4. The zero-order valence-electron chi connectivity index (χ0n) is 11.4. The third-order valence-electron chi connectivity index (χ3n) is 3.27. The number of nitrogens with zero attached hydrogens (tertiary/aromatic N) is 1. The Labute approximate surface area is 112 Å². The van der Waals surface area contributed by atoms with E-state index in [1.54, 1.807) is 0 Å². The lowest BCUT2D eigenvalue weighted by Crippen LogP contribution is -2.32. The second-order valence-electron chi connectivity index (χ2n) is 5.19. The van der Waals surface area contributed by atoms with Gasteiger partial charge >= 0.3 is 0 Å². The van der Waals surface area contributed by atoms with Crippen molar-refractivity contribution < 1.29 is 13.9 Å². The average molecular weight is 267 g/mol. The summed E-state index contributed by atoms with van der Waals surface area (Å²) in [7, 11) is 0. The van der Waals surface area contributed by atoms with Gasteiger partial charge in [0.25, 0.3) is 5.91 Å². The van der Waals surface area contributed by atoms with Crippen LogP contribution in [0.4, 0.5) is 0 Å². The van der Waals surface area contributed by atoms with Crippen LogP contribution in [0.15, 0.2) is 10.7 Å². The van der Waals surface area contributed by atoms with E-state index in [1.807, 2.05) is 13.8 Å². The summed E-state index contributed by atoms with van der Waals surface area (Å²) in [6.07, 6.45) is 3.51. The fourth-order valence-electron chi connectivity index (χ4n) is 1.93. The summed E-state index contributed by atoms with van der Waals surface area (Å²) >= 11 is 0. The van der Waals surface area contributed by atoms with Crippen LogP contribution in [0.5, 0.6) is 0 Å². The lowest BCUT2D eigenvalue weighted by Gasteiger charge is -2.10. The molecule has 1 aromatic heterocycles. The Kier molecular flexibility index (Phi) is 4.55. The van der Waals surface area contributed by atoms with Crippen molar-refractivity contribution >= 4 is 5.91 Å². The second kappa shape index (κ2) is 6.16. The maximum atomic E-state index is 11.9. The lowest BCUT2D eigenvalue weighted by atomic mass is 10.1. The Morgan fingerprint density at radius 2 is 2.42 bits per heavy atom. The minimum absolute atomic E-state index is 0.119. The minimum Gasteiger partial charge on any atom is -0.446 e. The minimum atomic E-state index is -0.292. The van der Waals surface area contributed by atoms with E-state index in [2.05, 4.69) is 10.3 Å². The molecule has 0 aliphatic carbocycles. The van der Waals surface area contributed by atoms with Crippen LogP contribution in [0.1, 0.15) is 49.1 Å². The van der Waals surface area contributed by atoms with Crippen LogP contribution < -0.4 is 11.1 Å². The standard InChI is InChI=1S/C13H21N3O3/c1-8(2)11(14)13-16-10(7-19-13)12(17)15-6-9-4-3-5-18-9/h7-9,11H,3-6,14H2,1-2H3,(H,15,17). The second-order valence-corrected chi connectivity index (χ2v) is 5.19. The molecule has 6 heteroatoms. The Bertz CT molecular complexity index is 425. The van der Waals surface area contributed by atoms with Crippen molar-refractivity contribution in [2.75, 3.05) is 13.2 Å². The molecule has 0 spiro atoms. The third kappa shape index (κ3) is 3.54. The number of aromatic nitrogens is 1. The van der Waals surface area contributed by atoms with Crippen LogP contribution in [0, 0.1) is 5.92 Å². The molecule has 2 atom stereocenters. The maximum absolute atomic E-state index is 11.9. The summed E-state index contributed by atoms with van der Waals surface area (Å²) in [4.78, 5) is 16.0. The number of nitrogens with one attached hydrogen (secondary N) is 1. The summed E-state index contributed by atoms with van der Waals surface area (Å²) in [6, 6.07) is -0.292. The van der Waals surface area contributed by atoms with Gasteiger partial charge in [-0.25, -0.2) is 4.98 Å². The van der Waals surface area contributed by atoms with Crippen LogP contribution in [0.2, 0.25) is 0 Å². The summed E-state index contributed by atoms with van der Waals surface area (Å²) in [5.74, 6) is 0.361. The van der Waals surface area contributed by atoms with Gasteiger partial charge < -0.3 is 20.2 Å². The van der Waals surface area contributed by atoms with Crippen molar-refractivity contribution in [2.45, 2.75) is 38.8 Å². The smallest absolute Gasteiger partial charge is 0.273 e. The number of nitrogens with two attached hydrogens (primary N) is 1. The zero-order chi connectivity index (χ0) is 13.8. The molecule has 1 saturated heterocycles. The van der Waals surface area contributed by atoms with E-state index in [0.29, 0.717) is 12.4 Å². The topological polar surface area (TPSA) is 90.4 Å². The lowest BCUT2D eigenvalue weighted by molar-refractivity contribution is 0.0853. The van der Waals surface area contributed by atoms with E-state index in [4.69, 9.17) is 14.9 Å². The number of ether oxygens (including phenoxy) is 1. The highest BCUT2D eigenvalue weighted by Gasteiger charge is 2.21. The van der Waals surface area contributed by atoms with Gasteiger partial charge in [0, 0.05) is 13.2 Å². The van der Waals surface area contributed by atoms with Crippen molar-refractivity contribution in [2.24, 2.45) is 11.7 Å². The van der Waals surface area contributed by atoms with Gasteiger partial charge in [-0.15, -0.1) is 0 Å². The van der Waals surface area contributed by atoms with E-state index in [-0.39, 0.29) is 29.7 Å². The van der Waals surface area contributed by atoms with Gasteiger partial charge in [-0.05, 0) is 18.8 Å².